The Kier molecular flexibility index (Phi) is 6.76. The number of aromatic nitrogens is 2. The van der Waals surface area contributed by atoms with Gasteiger partial charge in [0.05, 0.1) is 25.0 Å². The van der Waals surface area contributed by atoms with Gasteiger partial charge in [-0.25, -0.2) is 9.97 Å². The van der Waals surface area contributed by atoms with Crippen LogP contribution in [0.4, 0.5) is 17.3 Å². The summed E-state index contributed by atoms with van der Waals surface area (Å²) < 4.78 is 0. The Balaban J connectivity index is 3.10. The minimum absolute atomic E-state index is 0.357. The molecule has 0 aromatic carbocycles. The summed E-state index contributed by atoms with van der Waals surface area (Å²) in [7, 11) is 0. The molecule has 7 heteroatoms. The topological polar surface area (TPSA) is 106 Å². The van der Waals surface area contributed by atoms with Gasteiger partial charge in [0.15, 0.2) is 11.6 Å². The van der Waals surface area contributed by atoms with Crippen LogP contribution in [-0.2, 0) is 0 Å². The predicted octanol–water partition coefficient (Wildman–Crippen LogP) is 1.54. The van der Waals surface area contributed by atoms with Crippen molar-refractivity contribution in [3.63, 3.8) is 0 Å². The fourth-order valence-corrected chi connectivity index (χ4v) is 2.10. The van der Waals surface area contributed by atoms with E-state index in [1.54, 1.807) is 0 Å². The Morgan fingerprint density at radius 1 is 1.00 bits per heavy atom. The number of hydrogen-bond donors (Lipinski definition) is 1. The van der Waals surface area contributed by atoms with Gasteiger partial charge in [0.1, 0.15) is 12.0 Å². The average molecular weight is 287 g/mol. The standard InChI is InChI=1S/C14H21N7/c1-3-20(4-2)13-12(17)14(19-11-18-13)21(9-5-7-15)10-6-8-16/h11H,3-6,9-10,17H2,1-2H3. The lowest BCUT2D eigenvalue weighted by atomic mass is 10.3. The van der Waals surface area contributed by atoms with E-state index in [1.807, 2.05) is 23.6 Å². The minimum atomic E-state index is 0.357. The molecule has 21 heavy (non-hydrogen) atoms. The van der Waals surface area contributed by atoms with Gasteiger partial charge in [-0.1, -0.05) is 0 Å². The largest absolute Gasteiger partial charge is 0.393 e. The minimum Gasteiger partial charge on any atom is -0.393 e. The average Bonchev–Trinajstić information content (AvgIpc) is 2.51. The summed E-state index contributed by atoms with van der Waals surface area (Å²) in [6, 6.07) is 4.21. The van der Waals surface area contributed by atoms with Crippen LogP contribution in [0.15, 0.2) is 6.33 Å². The van der Waals surface area contributed by atoms with Gasteiger partial charge in [-0.2, -0.15) is 10.5 Å². The number of nitrogen functional groups attached to an aromatic ring is 1. The molecular formula is C14H21N7. The Morgan fingerprint density at radius 2 is 1.48 bits per heavy atom. The summed E-state index contributed by atoms with van der Waals surface area (Å²) in [5.41, 5.74) is 6.70. The van der Waals surface area contributed by atoms with Gasteiger partial charge in [0.2, 0.25) is 0 Å². The van der Waals surface area contributed by atoms with E-state index in [-0.39, 0.29) is 0 Å². The number of nitrogens with two attached hydrogens (primary N) is 1. The maximum atomic E-state index is 8.76. The zero-order valence-corrected chi connectivity index (χ0v) is 12.6. The highest BCUT2D eigenvalue weighted by Crippen LogP contribution is 2.28. The molecule has 2 N–H and O–H groups in total. The molecule has 0 fully saturated rings. The van der Waals surface area contributed by atoms with Gasteiger partial charge in [-0.3, -0.25) is 0 Å². The summed E-state index contributed by atoms with van der Waals surface area (Å²) in [5.74, 6) is 1.29. The second kappa shape index (κ2) is 8.60. The lowest BCUT2D eigenvalue weighted by Crippen LogP contribution is -2.29. The number of rotatable bonds is 8. The third-order valence-electron chi connectivity index (χ3n) is 3.19. The third kappa shape index (κ3) is 4.22. The van der Waals surface area contributed by atoms with E-state index in [4.69, 9.17) is 16.3 Å². The van der Waals surface area contributed by atoms with Crippen molar-refractivity contribution in [1.82, 2.24) is 9.97 Å². The fourth-order valence-electron chi connectivity index (χ4n) is 2.10. The Labute approximate surface area is 125 Å². The second-order valence-electron chi connectivity index (χ2n) is 4.41. The van der Waals surface area contributed by atoms with Gasteiger partial charge in [-0.15, -0.1) is 0 Å². The van der Waals surface area contributed by atoms with E-state index in [1.165, 1.54) is 6.33 Å². The zero-order chi connectivity index (χ0) is 15.7. The van der Waals surface area contributed by atoms with Crippen molar-refractivity contribution in [3.8, 4) is 12.1 Å². The quantitative estimate of drug-likeness (QED) is 0.772. The van der Waals surface area contributed by atoms with Crippen LogP contribution in [0.3, 0.4) is 0 Å². The highest BCUT2D eigenvalue weighted by atomic mass is 15.2. The number of anilines is 3. The highest BCUT2D eigenvalue weighted by Gasteiger charge is 2.17. The van der Waals surface area contributed by atoms with Crippen LogP contribution >= 0.6 is 0 Å². The normalized spacial score (nSPS) is 9.71. The molecule has 112 valence electrons. The van der Waals surface area contributed by atoms with Gasteiger partial charge in [-0.05, 0) is 13.8 Å². The van der Waals surface area contributed by atoms with Gasteiger partial charge in [0.25, 0.3) is 0 Å². The maximum Gasteiger partial charge on any atom is 0.157 e. The van der Waals surface area contributed by atoms with Crippen LogP contribution in [0.1, 0.15) is 26.7 Å². The van der Waals surface area contributed by atoms with Crippen molar-refractivity contribution in [3.05, 3.63) is 6.33 Å². The molecule has 0 spiro atoms. The molecule has 0 saturated carbocycles. The van der Waals surface area contributed by atoms with Crippen LogP contribution in [0.25, 0.3) is 0 Å². The summed E-state index contributed by atoms with van der Waals surface area (Å²) in [4.78, 5) is 12.4. The molecule has 0 aliphatic rings. The monoisotopic (exact) mass is 287 g/mol. The maximum absolute atomic E-state index is 8.76. The van der Waals surface area contributed by atoms with E-state index in [0.29, 0.717) is 43.3 Å². The first-order valence-electron chi connectivity index (χ1n) is 7.03. The molecule has 0 unspecified atom stereocenters. The Bertz CT molecular complexity index is 507. The Hall–Kier alpha value is -2.54. The van der Waals surface area contributed by atoms with Crippen LogP contribution in [0.5, 0.6) is 0 Å². The molecule has 0 atom stereocenters. The van der Waals surface area contributed by atoms with E-state index < -0.39 is 0 Å². The first-order chi connectivity index (χ1) is 10.2. The summed E-state index contributed by atoms with van der Waals surface area (Å²) in [6.07, 6.45) is 2.19. The van der Waals surface area contributed by atoms with Crippen molar-refractivity contribution in [2.75, 3.05) is 41.7 Å². The third-order valence-corrected chi connectivity index (χ3v) is 3.19. The van der Waals surface area contributed by atoms with Gasteiger partial charge >= 0.3 is 0 Å². The first-order valence-corrected chi connectivity index (χ1v) is 7.03. The van der Waals surface area contributed by atoms with Crippen molar-refractivity contribution < 1.29 is 0 Å². The van der Waals surface area contributed by atoms with Crippen molar-refractivity contribution in [2.45, 2.75) is 26.7 Å². The molecule has 1 aromatic rings. The molecule has 0 aliphatic carbocycles. The van der Waals surface area contributed by atoms with Crippen LogP contribution < -0.4 is 15.5 Å². The molecule has 0 radical (unpaired) electrons. The van der Waals surface area contributed by atoms with Gasteiger partial charge < -0.3 is 15.5 Å². The van der Waals surface area contributed by atoms with E-state index in [2.05, 4.69) is 22.1 Å². The van der Waals surface area contributed by atoms with Crippen LogP contribution in [-0.4, -0.2) is 36.1 Å². The lowest BCUT2D eigenvalue weighted by molar-refractivity contribution is 0.777. The highest BCUT2D eigenvalue weighted by molar-refractivity contribution is 5.75. The smallest absolute Gasteiger partial charge is 0.157 e. The van der Waals surface area contributed by atoms with Crippen LogP contribution in [0.2, 0.25) is 0 Å². The van der Waals surface area contributed by atoms with Crippen LogP contribution in [0, 0.1) is 22.7 Å². The molecule has 1 heterocycles. The fraction of sp³-hybridized carbons (Fsp3) is 0.571. The Morgan fingerprint density at radius 3 is 1.90 bits per heavy atom. The van der Waals surface area contributed by atoms with Crippen molar-refractivity contribution in [2.24, 2.45) is 0 Å². The van der Waals surface area contributed by atoms with E-state index in [9.17, 15) is 0 Å². The summed E-state index contributed by atoms with van der Waals surface area (Å²) in [6.45, 7) is 6.66. The molecule has 0 amide bonds. The van der Waals surface area contributed by atoms with E-state index in [0.717, 1.165) is 13.1 Å². The lowest BCUT2D eigenvalue weighted by Gasteiger charge is -2.26. The number of nitrogens with zero attached hydrogens (tertiary/aromatic N) is 6. The number of hydrogen-bond acceptors (Lipinski definition) is 7. The second-order valence-corrected chi connectivity index (χ2v) is 4.41. The first kappa shape index (κ1) is 16.5. The molecular weight excluding hydrogens is 266 g/mol. The summed E-state index contributed by atoms with van der Waals surface area (Å²) >= 11 is 0. The molecule has 1 aromatic heterocycles. The van der Waals surface area contributed by atoms with E-state index >= 15 is 0 Å². The predicted molar refractivity (Wildman–Crippen MR) is 82.7 cm³/mol. The molecule has 0 saturated heterocycles. The molecule has 7 nitrogen and oxygen atoms in total. The molecule has 1 rings (SSSR count). The van der Waals surface area contributed by atoms with Crippen molar-refractivity contribution in [1.29, 1.82) is 10.5 Å². The van der Waals surface area contributed by atoms with Crippen molar-refractivity contribution >= 4 is 17.3 Å². The van der Waals surface area contributed by atoms with Gasteiger partial charge in [0, 0.05) is 26.2 Å². The zero-order valence-electron chi connectivity index (χ0n) is 12.6. The SMILES string of the molecule is CCN(CC)c1ncnc(N(CCC#N)CCC#N)c1N. The molecule has 0 aliphatic heterocycles. The summed E-state index contributed by atoms with van der Waals surface area (Å²) in [5, 5.41) is 17.5. The molecule has 0 bridgehead atoms. The number of nitriles is 2.